The van der Waals surface area contributed by atoms with Crippen LogP contribution in [-0.2, 0) is 10.0 Å². The van der Waals surface area contributed by atoms with E-state index >= 15 is 0 Å². The molecule has 2 rings (SSSR count). The maximum absolute atomic E-state index is 12.0. The van der Waals surface area contributed by atoms with Crippen molar-refractivity contribution in [3.05, 3.63) is 52.8 Å². The summed E-state index contributed by atoms with van der Waals surface area (Å²) in [5, 5.41) is 2.71. The first-order valence-electron chi connectivity index (χ1n) is 5.84. The van der Waals surface area contributed by atoms with Crippen LogP contribution in [0.4, 0.5) is 11.4 Å². The number of pyridine rings is 1. The van der Waals surface area contributed by atoms with Crippen molar-refractivity contribution in [1.82, 2.24) is 4.98 Å². The third-order valence-corrected chi connectivity index (χ3v) is 3.47. The van der Waals surface area contributed by atoms with Crippen LogP contribution in [-0.4, -0.2) is 25.6 Å². The number of anilines is 2. The van der Waals surface area contributed by atoms with Crippen molar-refractivity contribution >= 4 is 43.2 Å². The number of halogens is 1. The predicted molar refractivity (Wildman–Crippen MR) is 84.8 cm³/mol. The second kappa shape index (κ2) is 6.23. The topological polar surface area (TPSA) is 88.2 Å². The van der Waals surface area contributed by atoms with Gasteiger partial charge in [0, 0.05) is 23.1 Å². The van der Waals surface area contributed by atoms with E-state index in [2.05, 4.69) is 31.0 Å². The van der Waals surface area contributed by atoms with Crippen molar-refractivity contribution in [2.24, 2.45) is 0 Å². The Bertz CT molecular complexity index is 760. The molecule has 8 heteroatoms. The van der Waals surface area contributed by atoms with Gasteiger partial charge in [0.05, 0.1) is 6.26 Å². The average Bonchev–Trinajstić information content (AvgIpc) is 2.39. The highest BCUT2D eigenvalue weighted by Gasteiger charge is 2.07. The van der Waals surface area contributed by atoms with Crippen LogP contribution < -0.4 is 10.0 Å². The van der Waals surface area contributed by atoms with Gasteiger partial charge < -0.3 is 5.32 Å². The minimum Gasteiger partial charge on any atom is -0.322 e. The molecule has 0 spiro atoms. The van der Waals surface area contributed by atoms with Gasteiger partial charge in [-0.05, 0) is 52.3 Å². The number of rotatable bonds is 4. The van der Waals surface area contributed by atoms with Crippen molar-refractivity contribution in [2.75, 3.05) is 16.3 Å². The third kappa shape index (κ3) is 4.83. The number of carbonyl (C=O) groups is 1. The number of nitrogens with one attached hydrogen (secondary N) is 2. The van der Waals surface area contributed by atoms with E-state index in [1.165, 1.54) is 6.20 Å². The number of hydrogen-bond donors (Lipinski definition) is 2. The SMILES string of the molecule is CS(=O)(=O)Nc1ccc(NC(=O)c2ccnc(Br)c2)cc1. The quantitative estimate of drug-likeness (QED) is 0.810. The number of carbonyl (C=O) groups excluding carboxylic acids is 1. The molecule has 0 unspecified atom stereocenters. The monoisotopic (exact) mass is 369 g/mol. The first kappa shape index (κ1) is 15.5. The van der Waals surface area contributed by atoms with Crippen LogP contribution in [0, 0.1) is 0 Å². The van der Waals surface area contributed by atoms with Crippen LogP contribution in [0.1, 0.15) is 10.4 Å². The van der Waals surface area contributed by atoms with Crippen molar-refractivity contribution in [1.29, 1.82) is 0 Å². The van der Waals surface area contributed by atoms with Gasteiger partial charge in [-0.2, -0.15) is 0 Å². The normalized spacial score (nSPS) is 11.0. The lowest BCUT2D eigenvalue weighted by Crippen LogP contribution is -2.12. The fourth-order valence-corrected chi connectivity index (χ4v) is 2.51. The van der Waals surface area contributed by atoms with Crippen LogP contribution in [0.2, 0.25) is 0 Å². The summed E-state index contributed by atoms with van der Waals surface area (Å²) < 4.78 is 25.1. The highest BCUT2D eigenvalue weighted by Crippen LogP contribution is 2.16. The minimum absolute atomic E-state index is 0.276. The molecule has 2 N–H and O–H groups in total. The summed E-state index contributed by atoms with van der Waals surface area (Å²) in [7, 11) is -3.31. The highest BCUT2D eigenvalue weighted by molar-refractivity contribution is 9.10. The fourth-order valence-electron chi connectivity index (χ4n) is 1.58. The molecule has 110 valence electrons. The molecule has 6 nitrogen and oxygen atoms in total. The largest absolute Gasteiger partial charge is 0.322 e. The van der Waals surface area contributed by atoms with Gasteiger partial charge in [-0.25, -0.2) is 13.4 Å². The molecule has 2 aromatic rings. The van der Waals surface area contributed by atoms with Gasteiger partial charge in [0.2, 0.25) is 10.0 Å². The van der Waals surface area contributed by atoms with Crippen LogP contribution >= 0.6 is 15.9 Å². The van der Waals surface area contributed by atoms with Gasteiger partial charge >= 0.3 is 0 Å². The molecular formula is C13H12BrN3O3S. The average molecular weight is 370 g/mol. The summed E-state index contributed by atoms with van der Waals surface area (Å²) in [5.41, 5.74) is 1.46. The molecule has 0 bridgehead atoms. The van der Waals surface area contributed by atoms with Gasteiger partial charge in [-0.3, -0.25) is 9.52 Å². The smallest absolute Gasteiger partial charge is 0.255 e. The van der Waals surface area contributed by atoms with Gasteiger partial charge in [0.1, 0.15) is 4.60 Å². The number of benzene rings is 1. The van der Waals surface area contributed by atoms with E-state index in [9.17, 15) is 13.2 Å². The zero-order valence-corrected chi connectivity index (χ0v) is 13.4. The van der Waals surface area contributed by atoms with Crippen molar-refractivity contribution < 1.29 is 13.2 Å². The molecule has 0 aliphatic carbocycles. The lowest BCUT2D eigenvalue weighted by Gasteiger charge is -2.07. The Kier molecular flexibility index (Phi) is 4.59. The second-order valence-electron chi connectivity index (χ2n) is 4.27. The Morgan fingerprint density at radius 2 is 1.76 bits per heavy atom. The van der Waals surface area contributed by atoms with E-state index in [1.54, 1.807) is 36.4 Å². The molecule has 1 aromatic heterocycles. The van der Waals surface area contributed by atoms with Crippen molar-refractivity contribution in [2.45, 2.75) is 0 Å². The predicted octanol–water partition coefficient (Wildman–Crippen LogP) is 2.47. The Hall–Kier alpha value is -1.93. The molecule has 1 aromatic carbocycles. The number of hydrogen-bond acceptors (Lipinski definition) is 4. The molecule has 1 heterocycles. The Morgan fingerprint density at radius 3 is 2.33 bits per heavy atom. The first-order valence-corrected chi connectivity index (χ1v) is 8.53. The Morgan fingerprint density at radius 1 is 1.14 bits per heavy atom. The number of nitrogens with zero attached hydrogens (tertiary/aromatic N) is 1. The van der Waals surface area contributed by atoms with Gasteiger partial charge in [0.25, 0.3) is 5.91 Å². The summed E-state index contributed by atoms with van der Waals surface area (Å²) in [4.78, 5) is 16.0. The summed E-state index contributed by atoms with van der Waals surface area (Å²) in [6.07, 6.45) is 2.60. The molecule has 0 fully saturated rings. The molecule has 0 atom stereocenters. The molecule has 1 amide bonds. The highest BCUT2D eigenvalue weighted by atomic mass is 79.9. The zero-order valence-electron chi connectivity index (χ0n) is 11.0. The van der Waals surface area contributed by atoms with E-state index in [-0.39, 0.29) is 5.91 Å². The molecular weight excluding hydrogens is 358 g/mol. The van der Waals surface area contributed by atoms with Crippen LogP contribution in [0.25, 0.3) is 0 Å². The summed E-state index contributed by atoms with van der Waals surface area (Å²) in [6, 6.07) is 9.57. The Labute approximate surface area is 130 Å². The fraction of sp³-hybridized carbons (Fsp3) is 0.0769. The zero-order chi connectivity index (χ0) is 15.5. The molecule has 0 radical (unpaired) electrons. The van der Waals surface area contributed by atoms with Crippen LogP contribution in [0.15, 0.2) is 47.2 Å². The maximum atomic E-state index is 12.0. The van der Waals surface area contributed by atoms with E-state index in [0.717, 1.165) is 6.26 Å². The summed E-state index contributed by atoms with van der Waals surface area (Å²) in [6.45, 7) is 0. The van der Waals surface area contributed by atoms with Crippen LogP contribution in [0.5, 0.6) is 0 Å². The van der Waals surface area contributed by atoms with Crippen LogP contribution in [0.3, 0.4) is 0 Å². The maximum Gasteiger partial charge on any atom is 0.255 e. The van der Waals surface area contributed by atoms with E-state index in [1.807, 2.05) is 0 Å². The summed E-state index contributed by atoms with van der Waals surface area (Å²) >= 11 is 3.20. The number of aromatic nitrogens is 1. The van der Waals surface area contributed by atoms with Crippen molar-refractivity contribution in [3.63, 3.8) is 0 Å². The van der Waals surface area contributed by atoms with Gasteiger partial charge in [-0.1, -0.05) is 0 Å². The molecule has 0 aliphatic heterocycles. The van der Waals surface area contributed by atoms with E-state index in [0.29, 0.717) is 21.5 Å². The molecule has 21 heavy (non-hydrogen) atoms. The lowest BCUT2D eigenvalue weighted by molar-refractivity contribution is 0.102. The third-order valence-electron chi connectivity index (χ3n) is 2.43. The molecule has 0 saturated heterocycles. The first-order chi connectivity index (χ1) is 9.83. The summed E-state index contributed by atoms with van der Waals surface area (Å²) in [5.74, 6) is -0.276. The Balaban J connectivity index is 2.08. The van der Waals surface area contributed by atoms with E-state index in [4.69, 9.17) is 0 Å². The second-order valence-corrected chi connectivity index (χ2v) is 6.83. The molecule has 0 saturated carbocycles. The van der Waals surface area contributed by atoms with Crippen molar-refractivity contribution in [3.8, 4) is 0 Å². The standard InChI is InChI=1S/C13H12BrN3O3S/c1-21(19,20)17-11-4-2-10(3-5-11)16-13(18)9-6-7-15-12(14)8-9/h2-8,17H,1H3,(H,16,18). The van der Waals surface area contributed by atoms with Gasteiger partial charge in [-0.15, -0.1) is 0 Å². The number of amides is 1. The van der Waals surface area contributed by atoms with Gasteiger partial charge in [0.15, 0.2) is 0 Å². The lowest BCUT2D eigenvalue weighted by atomic mass is 10.2. The molecule has 0 aliphatic rings. The number of sulfonamides is 1. The van der Waals surface area contributed by atoms with E-state index < -0.39 is 10.0 Å². The minimum atomic E-state index is -3.31.